The molecule has 0 radical (unpaired) electrons. The van der Waals surface area contributed by atoms with Gasteiger partial charge in [0, 0.05) is 20.5 Å². The average Bonchev–Trinajstić information content (AvgIpc) is 3.59. The van der Waals surface area contributed by atoms with Crippen molar-refractivity contribution < 1.29 is 38.1 Å². The molecule has 0 unspecified atom stereocenters. The highest BCUT2D eigenvalue weighted by molar-refractivity contribution is 6.52. The van der Waals surface area contributed by atoms with Crippen LogP contribution in [0, 0.1) is 40.4 Å². The summed E-state index contributed by atoms with van der Waals surface area (Å²) in [6.07, 6.45) is 7.29. The first-order valence-electron chi connectivity index (χ1n) is 15.8. The Morgan fingerprint density at radius 2 is 1.86 bits per heavy atom. The van der Waals surface area contributed by atoms with Gasteiger partial charge in [-0.2, -0.15) is 0 Å². The molecule has 1 amide bonds. The second-order valence-electron chi connectivity index (χ2n) is 14.5. The minimum atomic E-state index is -1.31. The molecule has 0 aromatic rings. The van der Waals surface area contributed by atoms with Gasteiger partial charge in [-0.3, -0.25) is 4.79 Å². The van der Waals surface area contributed by atoms with Gasteiger partial charge in [-0.05, 0) is 93.1 Å². The second kappa shape index (κ2) is 11.0. The van der Waals surface area contributed by atoms with Gasteiger partial charge in [0.2, 0.25) is 4.84 Å². The molecule has 11 heteroatoms. The highest BCUT2D eigenvalue weighted by Gasteiger charge is 2.81. The highest BCUT2D eigenvalue weighted by atomic mass is 35.5. The summed E-state index contributed by atoms with van der Waals surface area (Å²) < 4.78 is 23.4. The molecule has 0 aromatic heterocycles. The normalized spacial score (nSPS) is 42.9. The molecule has 2 aliphatic heterocycles. The molecule has 242 valence electrons. The third kappa shape index (κ3) is 4.57. The minimum absolute atomic E-state index is 0.0335. The second-order valence-corrected chi connectivity index (χ2v) is 15.6. The van der Waals surface area contributed by atoms with E-state index in [1.165, 1.54) is 4.90 Å². The number of epoxide rings is 1. The summed E-state index contributed by atoms with van der Waals surface area (Å²) in [7, 11) is 3.30. The van der Waals surface area contributed by atoms with E-state index in [2.05, 4.69) is 20.8 Å². The van der Waals surface area contributed by atoms with E-state index < -0.39 is 40.0 Å². The Bertz CT molecular complexity index is 1330. The molecule has 11 atom stereocenters. The maximum atomic E-state index is 13.7. The molecule has 3 saturated carbocycles. The number of rotatable bonds is 6. The summed E-state index contributed by atoms with van der Waals surface area (Å²) in [5, 5.41) is 0. The van der Waals surface area contributed by atoms with E-state index in [0.29, 0.717) is 29.7 Å². The zero-order chi connectivity index (χ0) is 31.9. The van der Waals surface area contributed by atoms with Crippen LogP contribution in [0.2, 0.25) is 0 Å². The maximum Gasteiger partial charge on any atom is 0.409 e. The maximum absolute atomic E-state index is 13.7. The number of halogens is 2. The number of amides is 1. The number of ether oxygens (including phenoxy) is 4. The number of cyclic esters (lactones) is 1. The lowest BCUT2D eigenvalue weighted by atomic mass is 9.44. The summed E-state index contributed by atoms with van der Waals surface area (Å²) in [5.74, 6) is 0.170. The van der Waals surface area contributed by atoms with Crippen LogP contribution in [0.1, 0.15) is 66.2 Å². The lowest BCUT2D eigenvalue weighted by Gasteiger charge is -2.58. The molecule has 6 rings (SSSR count). The fourth-order valence-electron chi connectivity index (χ4n) is 10.2. The van der Waals surface area contributed by atoms with Crippen LogP contribution in [0.4, 0.5) is 4.79 Å². The molecule has 2 heterocycles. The van der Waals surface area contributed by atoms with Crippen molar-refractivity contribution in [2.45, 2.75) is 95.0 Å². The standard InChI is InChI=1S/C33H43Cl2NO8/c1-16-13-23(42-28(38)19(16)15-41-29(39)27(34)35)17(2)20-7-8-21-18-14-26-33(44-26)25(43-30(40)36(5)6)10-9-24(37)32(33,4)22(18)11-12-31(20,21)3/h9-10,17-18,20-23,25-27H,7-8,11-15H2,1-6H3/t17-,18-,20+,21-,22-,23+,25-,26+,31+,32-,33+/m0/s1. The molecule has 44 heavy (non-hydrogen) atoms. The molecule has 1 spiro atoms. The Hall–Kier alpha value is -2.10. The van der Waals surface area contributed by atoms with Crippen molar-refractivity contribution in [2.75, 3.05) is 20.7 Å². The summed E-state index contributed by atoms with van der Waals surface area (Å²) in [4.78, 5) is 51.1. The van der Waals surface area contributed by atoms with Crippen LogP contribution in [0.25, 0.3) is 0 Å². The lowest BCUT2D eigenvalue weighted by molar-refractivity contribution is -0.156. The number of esters is 2. The van der Waals surface area contributed by atoms with Crippen LogP contribution in [0.3, 0.4) is 0 Å². The molecule has 0 bridgehead atoms. The Morgan fingerprint density at radius 3 is 2.52 bits per heavy atom. The van der Waals surface area contributed by atoms with Crippen LogP contribution in [-0.2, 0) is 33.3 Å². The van der Waals surface area contributed by atoms with Gasteiger partial charge in [-0.15, -0.1) is 0 Å². The third-order valence-corrected chi connectivity index (χ3v) is 12.9. The molecule has 1 saturated heterocycles. The fraction of sp³-hybridized carbons (Fsp3) is 0.758. The van der Waals surface area contributed by atoms with Gasteiger partial charge in [0.25, 0.3) is 0 Å². The van der Waals surface area contributed by atoms with Crippen molar-refractivity contribution in [1.82, 2.24) is 4.90 Å². The van der Waals surface area contributed by atoms with E-state index >= 15 is 0 Å². The van der Waals surface area contributed by atoms with Gasteiger partial charge >= 0.3 is 18.0 Å². The zero-order valence-corrected chi connectivity index (χ0v) is 27.8. The Kier molecular flexibility index (Phi) is 7.97. The average molecular weight is 653 g/mol. The number of carbonyl (C=O) groups is 4. The van der Waals surface area contributed by atoms with Gasteiger partial charge in [-0.25, -0.2) is 14.4 Å². The van der Waals surface area contributed by atoms with Gasteiger partial charge in [0.05, 0.1) is 17.1 Å². The summed E-state index contributed by atoms with van der Waals surface area (Å²) >= 11 is 11.1. The first kappa shape index (κ1) is 31.9. The molecular weight excluding hydrogens is 609 g/mol. The Labute approximate surface area is 268 Å². The van der Waals surface area contributed by atoms with Crippen molar-refractivity contribution in [3.05, 3.63) is 23.3 Å². The third-order valence-electron chi connectivity index (χ3n) is 12.5. The molecule has 4 fully saturated rings. The molecule has 0 aromatic carbocycles. The van der Waals surface area contributed by atoms with Crippen molar-refractivity contribution in [1.29, 1.82) is 0 Å². The fourth-order valence-corrected chi connectivity index (χ4v) is 10.3. The van der Waals surface area contributed by atoms with Crippen molar-refractivity contribution in [2.24, 2.45) is 40.4 Å². The number of alkyl halides is 2. The first-order valence-corrected chi connectivity index (χ1v) is 16.7. The van der Waals surface area contributed by atoms with Crippen LogP contribution in [0.5, 0.6) is 0 Å². The van der Waals surface area contributed by atoms with Gasteiger partial charge in [0.15, 0.2) is 11.9 Å². The number of hydrogen-bond acceptors (Lipinski definition) is 8. The number of fused-ring (bicyclic) bond motifs is 4. The Morgan fingerprint density at radius 1 is 1.14 bits per heavy atom. The SMILES string of the molecule is CC1=C(COC(=O)C(Cl)Cl)C(=O)O[C@@H]([C@@H](C)[C@H]2CC[C@H]3[C@@H]4C[C@H]5O[C@]56[C@@H](OC(=O)N(C)C)C=CC(=O)[C@]6(C)[C@H]4CC[C@]23C)C1. The van der Waals surface area contributed by atoms with Gasteiger partial charge in [0.1, 0.15) is 18.3 Å². The smallest absolute Gasteiger partial charge is 0.409 e. The summed E-state index contributed by atoms with van der Waals surface area (Å²) in [6.45, 7) is 8.32. The van der Waals surface area contributed by atoms with E-state index in [9.17, 15) is 19.2 Å². The topological polar surface area (TPSA) is 112 Å². The van der Waals surface area contributed by atoms with E-state index in [4.69, 9.17) is 42.1 Å². The first-order chi connectivity index (χ1) is 20.7. The van der Waals surface area contributed by atoms with E-state index in [1.54, 1.807) is 26.2 Å². The lowest BCUT2D eigenvalue weighted by Crippen LogP contribution is -2.64. The van der Waals surface area contributed by atoms with E-state index in [1.807, 2.05) is 6.92 Å². The predicted molar refractivity (Wildman–Crippen MR) is 162 cm³/mol. The van der Waals surface area contributed by atoms with E-state index in [-0.39, 0.29) is 41.8 Å². The van der Waals surface area contributed by atoms with Crippen LogP contribution >= 0.6 is 23.2 Å². The highest BCUT2D eigenvalue weighted by Crippen LogP contribution is 2.73. The van der Waals surface area contributed by atoms with Gasteiger partial charge < -0.3 is 23.8 Å². The Balaban J connectivity index is 1.19. The number of nitrogens with zero attached hydrogens (tertiary/aromatic N) is 1. The predicted octanol–water partition coefficient (Wildman–Crippen LogP) is 5.41. The van der Waals surface area contributed by atoms with Crippen molar-refractivity contribution >= 4 is 47.0 Å². The van der Waals surface area contributed by atoms with Crippen LogP contribution < -0.4 is 0 Å². The number of allylic oxidation sites excluding steroid dienone is 1. The molecular formula is C33H43Cl2NO8. The van der Waals surface area contributed by atoms with Crippen LogP contribution in [-0.4, -0.2) is 78.2 Å². The molecule has 6 aliphatic rings. The largest absolute Gasteiger partial charge is 0.459 e. The molecule has 4 aliphatic carbocycles. The minimum Gasteiger partial charge on any atom is -0.459 e. The summed E-state index contributed by atoms with van der Waals surface area (Å²) in [5.41, 5.74) is -0.329. The molecule has 9 nitrogen and oxygen atoms in total. The van der Waals surface area contributed by atoms with E-state index in [0.717, 1.165) is 37.7 Å². The molecule has 0 N–H and O–H groups in total. The number of carbonyl (C=O) groups excluding carboxylic acids is 4. The van der Waals surface area contributed by atoms with Crippen molar-refractivity contribution in [3.63, 3.8) is 0 Å². The van der Waals surface area contributed by atoms with Crippen molar-refractivity contribution in [3.8, 4) is 0 Å². The number of ketones is 1. The zero-order valence-electron chi connectivity index (χ0n) is 26.3. The summed E-state index contributed by atoms with van der Waals surface area (Å²) in [6, 6.07) is 0. The number of hydrogen-bond donors (Lipinski definition) is 0. The van der Waals surface area contributed by atoms with Crippen LogP contribution in [0.15, 0.2) is 23.3 Å². The quantitative estimate of drug-likeness (QED) is 0.162. The van der Waals surface area contributed by atoms with Gasteiger partial charge in [-0.1, -0.05) is 42.6 Å². The monoisotopic (exact) mass is 651 g/mol.